The van der Waals surface area contributed by atoms with Gasteiger partial charge in [0.1, 0.15) is 5.75 Å². The second kappa shape index (κ2) is 10.3. The largest absolute Gasteiger partial charge is 0.491 e. The maximum Gasteiger partial charge on any atom is 0.338 e. The Morgan fingerprint density at radius 1 is 1.07 bits per heavy atom. The van der Waals surface area contributed by atoms with Crippen molar-refractivity contribution in [1.82, 2.24) is 9.55 Å². The zero-order valence-corrected chi connectivity index (χ0v) is 23.5. The third kappa shape index (κ3) is 4.54. The lowest BCUT2D eigenvalue weighted by Crippen LogP contribution is -2.39. The van der Waals surface area contributed by atoms with E-state index in [4.69, 9.17) is 9.47 Å². The second-order valence-electron chi connectivity index (χ2n) is 10.0. The van der Waals surface area contributed by atoms with Crippen molar-refractivity contribution < 1.29 is 14.3 Å². The van der Waals surface area contributed by atoms with Crippen LogP contribution in [0.25, 0.3) is 27.9 Å². The van der Waals surface area contributed by atoms with Gasteiger partial charge in [-0.15, -0.1) is 0 Å². The van der Waals surface area contributed by atoms with Gasteiger partial charge in [0.25, 0.3) is 5.56 Å². The number of carbonyl (C=O) groups excluding carboxylic acids is 1. The van der Waals surface area contributed by atoms with E-state index in [1.165, 1.54) is 11.3 Å². The lowest BCUT2D eigenvalue weighted by atomic mass is 9.96. The van der Waals surface area contributed by atoms with Crippen molar-refractivity contribution in [2.75, 3.05) is 6.61 Å². The van der Waals surface area contributed by atoms with Crippen LogP contribution in [0.15, 0.2) is 87.8 Å². The van der Waals surface area contributed by atoms with E-state index in [9.17, 15) is 9.59 Å². The van der Waals surface area contributed by atoms with Gasteiger partial charge < -0.3 is 14.5 Å². The number of thiazole rings is 1. The fourth-order valence-electron chi connectivity index (χ4n) is 5.21. The first kappa shape index (κ1) is 25.8. The van der Waals surface area contributed by atoms with E-state index < -0.39 is 12.0 Å². The summed E-state index contributed by atoms with van der Waals surface area (Å²) >= 11 is 1.32. The molecular formula is C32H29N3O4S. The molecule has 8 heteroatoms. The van der Waals surface area contributed by atoms with Crippen molar-refractivity contribution in [2.45, 2.75) is 39.8 Å². The van der Waals surface area contributed by atoms with Gasteiger partial charge in [-0.25, -0.2) is 9.79 Å². The molecule has 202 valence electrons. The Balaban J connectivity index is 1.50. The Labute approximate surface area is 234 Å². The molecule has 0 fully saturated rings. The molecule has 40 heavy (non-hydrogen) atoms. The zero-order chi connectivity index (χ0) is 28.0. The van der Waals surface area contributed by atoms with Gasteiger partial charge in [-0.05, 0) is 75.2 Å². The molecule has 0 radical (unpaired) electrons. The molecule has 0 saturated carbocycles. The molecule has 0 bridgehead atoms. The van der Waals surface area contributed by atoms with E-state index in [2.05, 4.69) is 28.2 Å². The summed E-state index contributed by atoms with van der Waals surface area (Å²) in [5.74, 6) is 0.243. The maximum absolute atomic E-state index is 13.9. The number of aromatic amines is 1. The van der Waals surface area contributed by atoms with Crippen molar-refractivity contribution in [2.24, 2.45) is 4.99 Å². The van der Waals surface area contributed by atoms with Gasteiger partial charge >= 0.3 is 5.97 Å². The first-order valence-corrected chi connectivity index (χ1v) is 14.1. The van der Waals surface area contributed by atoms with Gasteiger partial charge in [0.2, 0.25) is 0 Å². The van der Waals surface area contributed by atoms with E-state index in [1.54, 1.807) is 18.4 Å². The number of H-pyrrole nitrogens is 1. The molecule has 1 aliphatic heterocycles. The smallest absolute Gasteiger partial charge is 0.338 e. The van der Waals surface area contributed by atoms with Crippen LogP contribution >= 0.6 is 11.3 Å². The van der Waals surface area contributed by atoms with Crippen LogP contribution in [0.5, 0.6) is 5.75 Å². The van der Waals surface area contributed by atoms with Crippen LogP contribution < -0.4 is 19.6 Å². The highest BCUT2D eigenvalue weighted by molar-refractivity contribution is 7.07. The maximum atomic E-state index is 13.9. The number of nitrogens with zero attached hydrogens (tertiary/aromatic N) is 2. The van der Waals surface area contributed by atoms with Gasteiger partial charge in [0.05, 0.1) is 34.6 Å². The molecule has 0 saturated heterocycles. The molecule has 1 N–H and O–H groups in total. The van der Waals surface area contributed by atoms with Crippen molar-refractivity contribution >= 4 is 45.2 Å². The number of benzene rings is 3. The SMILES string of the molecule is CCOC(=O)C1=C(C)N=c2s/c(=C/c3ccc4[nH]c5ccccc5c4c3)c(=O)n2[C@H]1c1ccc(OC(C)C)cc1. The van der Waals surface area contributed by atoms with Gasteiger partial charge in [0.15, 0.2) is 4.80 Å². The molecule has 0 amide bonds. The fourth-order valence-corrected chi connectivity index (χ4v) is 6.26. The molecule has 2 aromatic heterocycles. The molecule has 3 heterocycles. The Hall–Kier alpha value is -4.43. The lowest BCUT2D eigenvalue weighted by molar-refractivity contribution is -0.139. The zero-order valence-electron chi connectivity index (χ0n) is 22.7. The van der Waals surface area contributed by atoms with Crippen LogP contribution in [0.2, 0.25) is 0 Å². The number of ether oxygens (including phenoxy) is 2. The molecule has 1 atom stereocenters. The highest BCUT2D eigenvalue weighted by Crippen LogP contribution is 2.32. The number of hydrogen-bond donors (Lipinski definition) is 1. The predicted molar refractivity (Wildman–Crippen MR) is 158 cm³/mol. The number of carbonyl (C=O) groups is 1. The number of para-hydroxylation sites is 1. The summed E-state index contributed by atoms with van der Waals surface area (Å²) in [5, 5.41) is 2.23. The average Bonchev–Trinajstić information content (AvgIpc) is 3.45. The van der Waals surface area contributed by atoms with Crippen molar-refractivity contribution in [3.05, 3.63) is 109 Å². The van der Waals surface area contributed by atoms with E-state index in [0.717, 1.165) is 38.7 Å². The minimum Gasteiger partial charge on any atom is -0.491 e. The molecule has 7 nitrogen and oxygen atoms in total. The first-order valence-electron chi connectivity index (χ1n) is 13.3. The van der Waals surface area contributed by atoms with E-state index in [-0.39, 0.29) is 18.3 Å². The second-order valence-corrected chi connectivity index (χ2v) is 11.0. The number of rotatable bonds is 6. The number of nitrogens with one attached hydrogen (secondary N) is 1. The Kier molecular flexibility index (Phi) is 6.64. The minimum atomic E-state index is -0.665. The Morgan fingerprint density at radius 2 is 1.82 bits per heavy atom. The summed E-state index contributed by atoms with van der Waals surface area (Å²) in [7, 11) is 0. The molecule has 3 aromatic carbocycles. The summed E-state index contributed by atoms with van der Waals surface area (Å²) in [4.78, 5) is 35.8. The van der Waals surface area contributed by atoms with E-state index in [0.29, 0.717) is 20.6 Å². The van der Waals surface area contributed by atoms with Crippen LogP contribution in [-0.4, -0.2) is 28.2 Å². The molecular weight excluding hydrogens is 522 g/mol. The molecule has 0 unspecified atom stereocenters. The number of allylic oxidation sites excluding steroid dienone is 1. The molecule has 0 spiro atoms. The number of fused-ring (bicyclic) bond motifs is 4. The monoisotopic (exact) mass is 551 g/mol. The van der Waals surface area contributed by atoms with Crippen LogP contribution in [0.3, 0.4) is 0 Å². The molecule has 0 aliphatic carbocycles. The number of hydrogen-bond acceptors (Lipinski definition) is 6. The van der Waals surface area contributed by atoms with E-state index >= 15 is 0 Å². The van der Waals surface area contributed by atoms with Gasteiger partial charge in [-0.2, -0.15) is 0 Å². The third-order valence-electron chi connectivity index (χ3n) is 6.91. The van der Waals surface area contributed by atoms with Crippen molar-refractivity contribution in [3.8, 4) is 5.75 Å². The minimum absolute atomic E-state index is 0.0317. The third-order valence-corrected chi connectivity index (χ3v) is 7.90. The molecule has 1 aliphatic rings. The van der Waals surface area contributed by atoms with Gasteiger partial charge in [-0.3, -0.25) is 9.36 Å². The normalized spacial score (nSPS) is 15.5. The summed E-state index contributed by atoms with van der Waals surface area (Å²) in [6, 6.07) is 21.1. The highest BCUT2D eigenvalue weighted by atomic mass is 32.1. The summed E-state index contributed by atoms with van der Waals surface area (Å²) in [5.41, 5.74) is 4.50. The number of aromatic nitrogens is 2. The highest BCUT2D eigenvalue weighted by Gasteiger charge is 2.33. The van der Waals surface area contributed by atoms with Crippen LogP contribution in [-0.2, 0) is 9.53 Å². The predicted octanol–water partition coefficient (Wildman–Crippen LogP) is 5.22. The topological polar surface area (TPSA) is 85.7 Å². The fraction of sp³-hybridized carbons (Fsp3) is 0.219. The van der Waals surface area contributed by atoms with Gasteiger partial charge in [-0.1, -0.05) is 47.7 Å². The quantitative estimate of drug-likeness (QED) is 0.293. The van der Waals surface area contributed by atoms with Crippen molar-refractivity contribution in [1.29, 1.82) is 0 Å². The summed E-state index contributed by atoms with van der Waals surface area (Å²) < 4.78 is 13.4. The molecule has 5 aromatic rings. The van der Waals surface area contributed by atoms with Gasteiger partial charge in [0, 0.05) is 21.8 Å². The van der Waals surface area contributed by atoms with Crippen molar-refractivity contribution in [3.63, 3.8) is 0 Å². The van der Waals surface area contributed by atoms with Crippen LogP contribution in [0, 0.1) is 0 Å². The average molecular weight is 552 g/mol. The Bertz CT molecular complexity index is 1980. The van der Waals surface area contributed by atoms with E-state index in [1.807, 2.05) is 68.5 Å². The van der Waals surface area contributed by atoms with Crippen LogP contribution in [0.4, 0.5) is 0 Å². The summed E-state index contributed by atoms with van der Waals surface area (Å²) in [6.07, 6.45) is 1.93. The summed E-state index contributed by atoms with van der Waals surface area (Å²) in [6.45, 7) is 7.71. The van der Waals surface area contributed by atoms with Crippen LogP contribution in [0.1, 0.15) is 44.9 Å². The lowest BCUT2D eigenvalue weighted by Gasteiger charge is -2.25. The standard InChI is InChI=1S/C32H29N3O4S/c1-5-38-31(37)28-19(4)33-32-35(29(28)21-11-13-22(14-12-21)39-18(2)3)30(36)27(40-32)17-20-10-15-26-24(16-20)23-8-6-7-9-25(23)34-26/h6-18,29,34H,5H2,1-4H3/b27-17+/t29-/m0/s1. The number of esters is 1. The first-order chi connectivity index (χ1) is 19.3. The Morgan fingerprint density at radius 3 is 2.58 bits per heavy atom. The molecule has 6 rings (SSSR count).